The summed E-state index contributed by atoms with van der Waals surface area (Å²) >= 11 is 6.10. The Morgan fingerprint density at radius 1 is 1.11 bits per heavy atom. The maximum absolute atomic E-state index is 11.0. The molecule has 92 valence electrons. The SMILES string of the molecule is O=C(CO)Nc1ccc(-c2ccccc2Cl)cc1. The standard InChI is InChI=1S/C14H12ClNO2/c15-13-4-2-1-3-12(13)10-5-7-11(8-6-10)16-14(18)9-17/h1-8,17H,9H2,(H,16,18). The number of rotatable bonds is 3. The summed E-state index contributed by atoms with van der Waals surface area (Å²) in [5, 5.41) is 11.9. The Bertz CT molecular complexity index is 552. The van der Waals surface area contributed by atoms with E-state index in [4.69, 9.17) is 16.7 Å². The molecular formula is C14H12ClNO2. The van der Waals surface area contributed by atoms with Gasteiger partial charge in [-0.25, -0.2) is 0 Å². The van der Waals surface area contributed by atoms with E-state index in [0.29, 0.717) is 10.7 Å². The molecule has 2 aromatic carbocycles. The van der Waals surface area contributed by atoms with E-state index in [-0.39, 0.29) is 0 Å². The monoisotopic (exact) mass is 261 g/mol. The van der Waals surface area contributed by atoms with Crippen LogP contribution in [0.2, 0.25) is 5.02 Å². The fourth-order valence-corrected chi connectivity index (χ4v) is 1.87. The first kappa shape index (κ1) is 12.6. The number of hydrogen-bond acceptors (Lipinski definition) is 2. The predicted molar refractivity (Wildman–Crippen MR) is 72.6 cm³/mol. The van der Waals surface area contributed by atoms with Gasteiger partial charge in [0.25, 0.3) is 0 Å². The molecule has 3 nitrogen and oxygen atoms in total. The van der Waals surface area contributed by atoms with Crippen LogP contribution in [0.5, 0.6) is 0 Å². The number of carbonyl (C=O) groups excluding carboxylic acids is 1. The van der Waals surface area contributed by atoms with Crippen LogP contribution in [-0.4, -0.2) is 17.6 Å². The van der Waals surface area contributed by atoms with Gasteiger partial charge in [-0.05, 0) is 23.8 Å². The average molecular weight is 262 g/mol. The third-order valence-corrected chi connectivity index (χ3v) is 2.83. The average Bonchev–Trinajstić information content (AvgIpc) is 2.40. The van der Waals surface area contributed by atoms with Crippen LogP contribution in [0.4, 0.5) is 5.69 Å². The number of carbonyl (C=O) groups is 1. The number of aliphatic hydroxyl groups excluding tert-OH is 1. The molecule has 0 bridgehead atoms. The largest absolute Gasteiger partial charge is 0.387 e. The first-order chi connectivity index (χ1) is 8.70. The molecule has 0 radical (unpaired) electrons. The van der Waals surface area contributed by atoms with Crippen LogP contribution >= 0.6 is 11.6 Å². The zero-order chi connectivity index (χ0) is 13.0. The molecule has 18 heavy (non-hydrogen) atoms. The van der Waals surface area contributed by atoms with E-state index in [1.54, 1.807) is 12.1 Å². The second-order valence-corrected chi connectivity index (χ2v) is 4.17. The Morgan fingerprint density at radius 2 is 1.78 bits per heavy atom. The third-order valence-electron chi connectivity index (χ3n) is 2.50. The van der Waals surface area contributed by atoms with E-state index in [0.717, 1.165) is 11.1 Å². The lowest BCUT2D eigenvalue weighted by Crippen LogP contribution is -2.15. The lowest BCUT2D eigenvalue weighted by molar-refractivity contribution is -0.118. The predicted octanol–water partition coefficient (Wildman–Crippen LogP) is 2.94. The van der Waals surface area contributed by atoms with E-state index in [9.17, 15) is 4.79 Å². The number of aliphatic hydroxyl groups is 1. The van der Waals surface area contributed by atoms with Gasteiger partial charge in [-0.3, -0.25) is 4.79 Å². The summed E-state index contributed by atoms with van der Waals surface area (Å²) < 4.78 is 0. The van der Waals surface area contributed by atoms with Crippen molar-refractivity contribution in [3.05, 3.63) is 53.6 Å². The maximum atomic E-state index is 11.0. The quantitative estimate of drug-likeness (QED) is 0.893. The lowest BCUT2D eigenvalue weighted by atomic mass is 10.1. The zero-order valence-corrected chi connectivity index (χ0v) is 10.3. The summed E-state index contributed by atoms with van der Waals surface area (Å²) in [6.07, 6.45) is 0. The summed E-state index contributed by atoms with van der Waals surface area (Å²) in [4.78, 5) is 11.0. The molecule has 0 aliphatic heterocycles. The Balaban J connectivity index is 2.23. The molecule has 0 saturated heterocycles. The van der Waals surface area contributed by atoms with Crippen molar-refractivity contribution >= 4 is 23.2 Å². The van der Waals surface area contributed by atoms with Gasteiger partial charge in [0.05, 0.1) is 0 Å². The maximum Gasteiger partial charge on any atom is 0.250 e. The molecule has 2 aromatic rings. The highest BCUT2D eigenvalue weighted by Gasteiger charge is 2.03. The Morgan fingerprint density at radius 3 is 2.39 bits per heavy atom. The minimum atomic E-state index is -0.522. The van der Waals surface area contributed by atoms with Crippen LogP contribution in [0.15, 0.2) is 48.5 Å². The molecule has 0 aromatic heterocycles. The van der Waals surface area contributed by atoms with Crippen molar-refractivity contribution in [1.29, 1.82) is 0 Å². The number of benzene rings is 2. The van der Waals surface area contributed by atoms with Gasteiger partial charge >= 0.3 is 0 Å². The molecule has 4 heteroatoms. The molecule has 0 spiro atoms. The van der Waals surface area contributed by atoms with Crippen LogP contribution in [0, 0.1) is 0 Å². The van der Waals surface area contributed by atoms with Gasteiger partial charge in [0.2, 0.25) is 5.91 Å². The fourth-order valence-electron chi connectivity index (χ4n) is 1.63. The van der Waals surface area contributed by atoms with Gasteiger partial charge in [-0.2, -0.15) is 0 Å². The van der Waals surface area contributed by atoms with E-state index in [1.165, 1.54) is 0 Å². The van der Waals surface area contributed by atoms with Gasteiger partial charge < -0.3 is 10.4 Å². The molecule has 1 amide bonds. The molecule has 2 N–H and O–H groups in total. The van der Waals surface area contributed by atoms with Crippen molar-refractivity contribution in [1.82, 2.24) is 0 Å². The van der Waals surface area contributed by atoms with Crippen LogP contribution in [0.25, 0.3) is 11.1 Å². The van der Waals surface area contributed by atoms with Crippen molar-refractivity contribution in [2.75, 3.05) is 11.9 Å². The molecule has 0 unspecified atom stereocenters. The van der Waals surface area contributed by atoms with Gasteiger partial charge in [-0.15, -0.1) is 0 Å². The van der Waals surface area contributed by atoms with Crippen molar-refractivity contribution in [3.8, 4) is 11.1 Å². The molecule has 0 aliphatic rings. The summed E-state index contributed by atoms with van der Waals surface area (Å²) in [5.74, 6) is -0.430. The van der Waals surface area contributed by atoms with Crippen LogP contribution in [0.1, 0.15) is 0 Å². The summed E-state index contributed by atoms with van der Waals surface area (Å²) in [6, 6.07) is 14.8. The molecule has 0 atom stereocenters. The van der Waals surface area contributed by atoms with E-state index >= 15 is 0 Å². The van der Waals surface area contributed by atoms with Crippen molar-refractivity contribution in [3.63, 3.8) is 0 Å². The van der Waals surface area contributed by atoms with Gasteiger partial charge in [0, 0.05) is 16.3 Å². The highest BCUT2D eigenvalue weighted by atomic mass is 35.5. The van der Waals surface area contributed by atoms with Crippen molar-refractivity contribution in [2.24, 2.45) is 0 Å². The number of nitrogens with one attached hydrogen (secondary N) is 1. The normalized spacial score (nSPS) is 10.1. The highest BCUT2D eigenvalue weighted by Crippen LogP contribution is 2.28. The third kappa shape index (κ3) is 2.88. The molecule has 0 heterocycles. The van der Waals surface area contributed by atoms with Gasteiger partial charge in [0.1, 0.15) is 6.61 Å². The summed E-state index contributed by atoms with van der Waals surface area (Å²) in [5.41, 5.74) is 2.56. The van der Waals surface area contributed by atoms with Gasteiger partial charge in [-0.1, -0.05) is 41.9 Å². The van der Waals surface area contributed by atoms with Crippen molar-refractivity contribution in [2.45, 2.75) is 0 Å². The minimum Gasteiger partial charge on any atom is -0.387 e. The second kappa shape index (κ2) is 5.67. The number of halogens is 1. The molecule has 0 fully saturated rings. The Kier molecular flexibility index (Phi) is 3.97. The Labute approximate surface area is 110 Å². The van der Waals surface area contributed by atoms with E-state index in [2.05, 4.69) is 5.32 Å². The van der Waals surface area contributed by atoms with Crippen LogP contribution in [0.3, 0.4) is 0 Å². The summed E-state index contributed by atoms with van der Waals surface area (Å²) in [6.45, 7) is -0.522. The zero-order valence-electron chi connectivity index (χ0n) is 9.56. The van der Waals surface area contributed by atoms with E-state index in [1.807, 2.05) is 36.4 Å². The van der Waals surface area contributed by atoms with Gasteiger partial charge in [0.15, 0.2) is 0 Å². The van der Waals surface area contributed by atoms with E-state index < -0.39 is 12.5 Å². The number of hydrogen-bond donors (Lipinski definition) is 2. The summed E-state index contributed by atoms with van der Waals surface area (Å²) in [7, 11) is 0. The highest BCUT2D eigenvalue weighted by molar-refractivity contribution is 6.33. The van der Waals surface area contributed by atoms with Crippen molar-refractivity contribution < 1.29 is 9.90 Å². The minimum absolute atomic E-state index is 0.430. The first-order valence-electron chi connectivity index (χ1n) is 5.46. The smallest absolute Gasteiger partial charge is 0.250 e. The topological polar surface area (TPSA) is 49.3 Å². The molecule has 0 aliphatic carbocycles. The first-order valence-corrected chi connectivity index (χ1v) is 5.84. The fraction of sp³-hybridized carbons (Fsp3) is 0.0714. The molecule has 2 rings (SSSR count). The molecular weight excluding hydrogens is 250 g/mol. The van der Waals surface area contributed by atoms with Crippen LogP contribution in [-0.2, 0) is 4.79 Å². The number of amides is 1. The Hall–Kier alpha value is -1.84. The van der Waals surface area contributed by atoms with Crippen LogP contribution < -0.4 is 5.32 Å². The lowest BCUT2D eigenvalue weighted by Gasteiger charge is -2.06. The number of anilines is 1. The second-order valence-electron chi connectivity index (χ2n) is 3.76. The molecule has 0 saturated carbocycles.